The van der Waals surface area contributed by atoms with E-state index in [0.29, 0.717) is 11.3 Å². The highest BCUT2D eigenvalue weighted by Crippen LogP contribution is 2.21. The van der Waals surface area contributed by atoms with Crippen LogP contribution in [0, 0.1) is 13.8 Å². The number of sulfone groups is 1. The molecule has 0 spiro atoms. The quantitative estimate of drug-likeness (QED) is 0.948. The zero-order chi connectivity index (χ0) is 15.6. The van der Waals surface area contributed by atoms with Gasteiger partial charge in [0.25, 0.3) is 5.91 Å². The summed E-state index contributed by atoms with van der Waals surface area (Å²) in [5.41, 5.74) is 2.84. The lowest BCUT2D eigenvalue weighted by Crippen LogP contribution is -2.13. The molecule has 0 fully saturated rings. The van der Waals surface area contributed by atoms with Crippen molar-refractivity contribution in [2.24, 2.45) is 0 Å². The van der Waals surface area contributed by atoms with Crippen LogP contribution in [0.25, 0.3) is 0 Å². The molecule has 0 bridgehead atoms. The van der Waals surface area contributed by atoms with Gasteiger partial charge in [-0.15, -0.1) is 0 Å². The standard InChI is InChI=1S/C16H17NO3S/c1-11-5-4-6-13(9-11)16(18)17-15-10-14(21(3,19)20)8-7-12(15)2/h4-10H,1-3H3,(H,17,18). The van der Waals surface area contributed by atoms with E-state index >= 15 is 0 Å². The van der Waals surface area contributed by atoms with Gasteiger partial charge in [0.2, 0.25) is 0 Å². The molecule has 110 valence electrons. The van der Waals surface area contributed by atoms with E-state index in [1.165, 1.54) is 12.1 Å². The van der Waals surface area contributed by atoms with Gasteiger partial charge in [0.15, 0.2) is 9.84 Å². The lowest BCUT2D eigenvalue weighted by molar-refractivity contribution is 0.102. The number of rotatable bonds is 3. The summed E-state index contributed by atoms with van der Waals surface area (Å²) in [5.74, 6) is -0.257. The van der Waals surface area contributed by atoms with Gasteiger partial charge in [0, 0.05) is 17.5 Å². The van der Waals surface area contributed by atoms with E-state index in [9.17, 15) is 13.2 Å². The van der Waals surface area contributed by atoms with Crippen LogP contribution in [-0.2, 0) is 9.84 Å². The molecule has 0 saturated carbocycles. The third-order valence-electron chi connectivity index (χ3n) is 3.17. The minimum Gasteiger partial charge on any atom is -0.322 e. The summed E-state index contributed by atoms with van der Waals surface area (Å²) >= 11 is 0. The highest BCUT2D eigenvalue weighted by Gasteiger charge is 2.12. The number of nitrogens with one attached hydrogen (secondary N) is 1. The van der Waals surface area contributed by atoms with E-state index in [1.807, 2.05) is 26.0 Å². The molecule has 0 radical (unpaired) electrons. The number of hydrogen-bond acceptors (Lipinski definition) is 3. The van der Waals surface area contributed by atoms with Crippen LogP contribution in [0.15, 0.2) is 47.4 Å². The van der Waals surface area contributed by atoms with Crippen LogP contribution < -0.4 is 5.32 Å². The van der Waals surface area contributed by atoms with Gasteiger partial charge < -0.3 is 5.32 Å². The molecule has 0 aliphatic carbocycles. The molecule has 0 heterocycles. The van der Waals surface area contributed by atoms with Crippen LogP contribution in [-0.4, -0.2) is 20.6 Å². The third kappa shape index (κ3) is 3.70. The van der Waals surface area contributed by atoms with Crippen LogP contribution in [0.1, 0.15) is 21.5 Å². The molecule has 1 amide bonds. The molecule has 0 saturated heterocycles. The molecule has 0 unspecified atom stereocenters. The number of carbonyl (C=O) groups is 1. The first-order valence-electron chi connectivity index (χ1n) is 6.46. The predicted molar refractivity (Wildman–Crippen MR) is 83.4 cm³/mol. The van der Waals surface area contributed by atoms with Gasteiger partial charge in [-0.3, -0.25) is 4.79 Å². The largest absolute Gasteiger partial charge is 0.322 e. The normalized spacial score (nSPS) is 11.2. The maximum atomic E-state index is 12.2. The summed E-state index contributed by atoms with van der Waals surface area (Å²) in [4.78, 5) is 12.4. The topological polar surface area (TPSA) is 63.2 Å². The second-order valence-corrected chi connectivity index (χ2v) is 7.09. The van der Waals surface area contributed by atoms with Crippen molar-refractivity contribution in [2.75, 3.05) is 11.6 Å². The van der Waals surface area contributed by atoms with E-state index in [4.69, 9.17) is 0 Å². The van der Waals surface area contributed by atoms with Crippen molar-refractivity contribution in [1.82, 2.24) is 0 Å². The van der Waals surface area contributed by atoms with Crippen LogP contribution in [0.2, 0.25) is 0 Å². The zero-order valence-electron chi connectivity index (χ0n) is 12.2. The SMILES string of the molecule is Cc1cccc(C(=O)Nc2cc(S(C)(=O)=O)ccc2C)c1. The highest BCUT2D eigenvalue weighted by atomic mass is 32.2. The fraction of sp³-hybridized carbons (Fsp3) is 0.188. The summed E-state index contributed by atoms with van der Waals surface area (Å²) < 4.78 is 23.2. The maximum Gasteiger partial charge on any atom is 0.255 e. The Balaban J connectivity index is 2.33. The average molecular weight is 303 g/mol. The van der Waals surface area contributed by atoms with Crippen LogP contribution >= 0.6 is 0 Å². The summed E-state index contributed by atoms with van der Waals surface area (Å²) in [6, 6.07) is 11.9. The van der Waals surface area contributed by atoms with Crippen molar-refractivity contribution in [3.63, 3.8) is 0 Å². The van der Waals surface area contributed by atoms with Gasteiger partial charge in [0.05, 0.1) is 4.90 Å². The molecule has 0 aliphatic rings. The Morgan fingerprint density at radius 2 is 1.76 bits per heavy atom. The summed E-state index contributed by atoms with van der Waals surface area (Å²) in [5, 5.41) is 2.76. The first-order valence-corrected chi connectivity index (χ1v) is 8.35. The van der Waals surface area contributed by atoms with Gasteiger partial charge >= 0.3 is 0 Å². The van der Waals surface area contributed by atoms with Crippen molar-refractivity contribution in [3.8, 4) is 0 Å². The van der Waals surface area contributed by atoms with Gasteiger partial charge in [-0.05, 0) is 43.7 Å². The average Bonchev–Trinajstić information content (AvgIpc) is 2.40. The Labute approximate surface area is 124 Å². The second kappa shape index (κ2) is 5.69. The first kappa shape index (κ1) is 15.3. The number of aryl methyl sites for hydroxylation is 2. The lowest BCUT2D eigenvalue weighted by Gasteiger charge is -2.10. The van der Waals surface area contributed by atoms with Crippen molar-refractivity contribution < 1.29 is 13.2 Å². The molecule has 0 aromatic heterocycles. The van der Waals surface area contributed by atoms with Gasteiger partial charge in [0.1, 0.15) is 0 Å². The number of benzene rings is 2. The molecule has 21 heavy (non-hydrogen) atoms. The van der Waals surface area contributed by atoms with E-state index in [2.05, 4.69) is 5.32 Å². The summed E-state index contributed by atoms with van der Waals surface area (Å²) in [7, 11) is -3.30. The second-order valence-electron chi connectivity index (χ2n) is 5.07. The summed E-state index contributed by atoms with van der Waals surface area (Å²) in [6.07, 6.45) is 1.14. The summed E-state index contributed by atoms with van der Waals surface area (Å²) in [6.45, 7) is 3.73. The molecule has 2 aromatic carbocycles. The van der Waals surface area contributed by atoms with Crippen molar-refractivity contribution in [2.45, 2.75) is 18.7 Å². The van der Waals surface area contributed by atoms with E-state index < -0.39 is 9.84 Å². The number of anilines is 1. The minimum atomic E-state index is -3.30. The fourth-order valence-corrected chi connectivity index (χ4v) is 2.59. The smallest absolute Gasteiger partial charge is 0.255 e. The molecule has 2 aromatic rings. The van der Waals surface area contributed by atoms with Gasteiger partial charge in [-0.25, -0.2) is 8.42 Å². The molecule has 2 rings (SSSR count). The molecular weight excluding hydrogens is 286 g/mol. The van der Waals surface area contributed by atoms with Crippen molar-refractivity contribution in [1.29, 1.82) is 0 Å². The van der Waals surface area contributed by atoms with Crippen molar-refractivity contribution >= 4 is 21.4 Å². The van der Waals surface area contributed by atoms with Gasteiger partial charge in [-0.2, -0.15) is 0 Å². The minimum absolute atomic E-state index is 0.188. The first-order chi connectivity index (χ1) is 9.77. The molecular formula is C16H17NO3S. The predicted octanol–water partition coefficient (Wildman–Crippen LogP) is 2.96. The van der Waals surface area contributed by atoms with E-state index in [0.717, 1.165) is 17.4 Å². The Bertz CT molecular complexity index is 795. The molecule has 1 N–H and O–H groups in total. The Kier molecular flexibility index (Phi) is 4.14. The van der Waals surface area contributed by atoms with E-state index in [1.54, 1.807) is 18.2 Å². The Hall–Kier alpha value is -2.14. The van der Waals surface area contributed by atoms with E-state index in [-0.39, 0.29) is 10.8 Å². The molecule has 0 atom stereocenters. The third-order valence-corrected chi connectivity index (χ3v) is 4.28. The highest BCUT2D eigenvalue weighted by molar-refractivity contribution is 7.90. The number of hydrogen-bond donors (Lipinski definition) is 1. The fourth-order valence-electron chi connectivity index (χ4n) is 1.95. The molecule has 4 nitrogen and oxygen atoms in total. The van der Waals surface area contributed by atoms with Gasteiger partial charge in [-0.1, -0.05) is 23.8 Å². The number of carbonyl (C=O) groups excluding carboxylic acids is 1. The van der Waals surface area contributed by atoms with Crippen LogP contribution in [0.4, 0.5) is 5.69 Å². The van der Waals surface area contributed by atoms with Crippen LogP contribution in [0.5, 0.6) is 0 Å². The lowest BCUT2D eigenvalue weighted by atomic mass is 10.1. The molecule has 5 heteroatoms. The number of amides is 1. The maximum absolute atomic E-state index is 12.2. The Morgan fingerprint density at radius 3 is 2.38 bits per heavy atom. The Morgan fingerprint density at radius 1 is 1.05 bits per heavy atom. The molecule has 0 aliphatic heterocycles. The van der Waals surface area contributed by atoms with Crippen molar-refractivity contribution in [3.05, 3.63) is 59.2 Å². The van der Waals surface area contributed by atoms with Crippen LogP contribution in [0.3, 0.4) is 0 Å². The zero-order valence-corrected chi connectivity index (χ0v) is 13.0. The monoisotopic (exact) mass is 303 g/mol.